The van der Waals surface area contributed by atoms with Gasteiger partial charge in [0, 0.05) is 0 Å². The van der Waals surface area contributed by atoms with Gasteiger partial charge in [0.05, 0.1) is 17.1 Å². The lowest BCUT2D eigenvalue weighted by molar-refractivity contribution is -0.115. The van der Waals surface area contributed by atoms with Crippen molar-refractivity contribution in [3.05, 3.63) is 36.5 Å². The minimum atomic E-state index is -0.275. The second-order valence-corrected chi connectivity index (χ2v) is 6.62. The minimum absolute atomic E-state index is 0.115. The van der Waals surface area contributed by atoms with Crippen LogP contribution in [0.25, 0.3) is 5.82 Å². The molecule has 0 aliphatic rings. The number of hydrogen-bond acceptors (Lipinski definition) is 8. The molecule has 0 spiro atoms. The molecule has 0 aromatic carbocycles. The summed E-state index contributed by atoms with van der Waals surface area (Å²) in [5.74, 6) is 0.516. The molecule has 0 aliphatic heterocycles. The van der Waals surface area contributed by atoms with Crippen LogP contribution >= 0.6 is 23.1 Å². The van der Waals surface area contributed by atoms with Crippen LogP contribution in [0.3, 0.4) is 0 Å². The highest BCUT2D eigenvalue weighted by Gasteiger charge is 2.16. The maximum Gasteiger partial charge on any atom is 0.237 e. The molecule has 0 bridgehead atoms. The first-order valence-electron chi connectivity index (χ1n) is 6.27. The summed E-state index contributed by atoms with van der Waals surface area (Å²) in [6.45, 7) is 1.82. The van der Waals surface area contributed by atoms with Gasteiger partial charge in [-0.1, -0.05) is 23.1 Å². The molecule has 0 fully saturated rings. The molecule has 3 heterocycles. The fourth-order valence-electron chi connectivity index (χ4n) is 1.58. The maximum atomic E-state index is 12.1. The van der Waals surface area contributed by atoms with Crippen molar-refractivity contribution >= 4 is 34.7 Å². The van der Waals surface area contributed by atoms with Crippen molar-refractivity contribution in [3.63, 3.8) is 0 Å². The molecular formula is C12H11N7OS2. The van der Waals surface area contributed by atoms with Crippen molar-refractivity contribution in [2.75, 3.05) is 5.32 Å². The van der Waals surface area contributed by atoms with Crippen LogP contribution in [0.2, 0.25) is 0 Å². The highest BCUT2D eigenvalue weighted by molar-refractivity contribution is 8.02. The van der Waals surface area contributed by atoms with E-state index < -0.39 is 0 Å². The van der Waals surface area contributed by atoms with Crippen molar-refractivity contribution in [1.82, 2.24) is 29.9 Å². The van der Waals surface area contributed by atoms with Gasteiger partial charge in [-0.3, -0.25) is 4.79 Å². The number of rotatable bonds is 5. The Morgan fingerprint density at radius 1 is 1.45 bits per heavy atom. The van der Waals surface area contributed by atoms with Gasteiger partial charge in [-0.2, -0.15) is 5.10 Å². The number of thioether (sulfide) groups is 1. The number of amides is 1. The normalized spacial score (nSPS) is 12.0. The monoisotopic (exact) mass is 333 g/mol. The van der Waals surface area contributed by atoms with Gasteiger partial charge in [0.15, 0.2) is 10.2 Å². The molecule has 3 aromatic rings. The summed E-state index contributed by atoms with van der Waals surface area (Å²) in [6, 6.07) is 3.52. The maximum absolute atomic E-state index is 12.1. The minimum Gasteiger partial charge on any atom is -0.324 e. The van der Waals surface area contributed by atoms with E-state index in [9.17, 15) is 4.79 Å². The third-order valence-electron chi connectivity index (χ3n) is 2.66. The number of hydrogen-bond donors (Lipinski definition) is 1. The molecule has 0 saturated carbocycles. The standard InChI is InChI=1S/C12H11N7OS2/c1-8(22-12-18-15-7-21-12)11(20)17-9-2-3-10(14-4-9)19-6-13-5-16-19/h2-8H,1H3,(H,17,20)/t8-/m1/s1. The summed E-state index contributed by atoms with van der Waals surface area (Å²) in [5, 5.41) is 14.2. The SMILES string of the molecule is C[C@@H](Sc1nncs1)C(=O)Nc1ccc(-n2cncn2)nc1. The lowest BCUT2D eigenvalue weighted by atomic mass is 10.3. The molecule has 3 rings (SSSR count). The van der Waals surface area contributed by atoms with Crippen molar-refractivity contribution < 1.29 is 4.79 Å². The number of nitrogens with one attached hydrogen (secondary N) is 1. The summed E-state index contributed by atoms with van der Waals surface area (Å²) in [6.07, 6.45) is 4.57. The Labute approximate surface area is 134 Å². The van der Waals surface area contributed by atoms with E-state index in [1.165, 1.54) is 29.4 Å². The molecule has 0 radical (unpaired) electrons. The van der Waals surface area contributed by atoms with E-state index in [1.54, 1.807) is 34.8 Å². The van der Waals surface area contributed by atoms with E-state index in [0.717, 1.165) is 4.34 Å². The van der Waals surface area contributed by atoms with E-state index in [1.807, 2.05) is 6.92 Å². The second-order valence-electron chi connectivity index (χ2n) is 4.20. The Morgan fingerprint density at radius 2 is 2.36 bits per heavy atom. The molecule has 10 heteroatoms. The average Bonchev–Trinajstić information content (AvgIpc) is 3.21. The van der Waals surface area contributed by atoms with Gasteiger partial charge in [0.25, 0.3) is 0 Å². The number of nitrogens with zero attached hydrogens (tertiary/aromatic N) is 6. The Kier molecular flexibility index (Phi) is 4.39. The van der Waals surface area contributed by atoms with Crippen LogP contribution in [-0.4, -0.2) is 41.1 Å². The zero-order valence-electron chi connectivity index (χ0n) is 11.4. The molecule has 8 nitrogen and oxygen atoms in total. The summed E-state index contributed by atoms with van der Waals surface area (Å²) >= 11 is 2.78. The van der Waals surface area contributed by atoms with Crippen LogP contribution in [0.4, 0.5) is 5.69 Å². The highest BCUT2D eigenvalue weighted by Crippen LogP contribution is 2.24. The Bertz CT molecular complexity index is 727. The summed E-state index contributed by atoms with van der Waals surface area (Å²) in [4.78, 5) is 20.2. The first-order valence-corrected chi connectivity index (χ1v) is 8.03. The molecular weight excluding hydrogens is 322 g/mol. The summed E-state index contributed by atoms with van der Waals surface area (Å²) in [7, 11) is 0. The van der Waals surface area contributed by atoms with Gasteiger partial charge >= 0.3 is 0 Å². The zero-order chi connectivity index (χ0) is 15.4. The highest BCUT2D eigenvalue weighted by atomic mass is 32.2. The smallest absolute Gasteiger partial charge is 0.237 e. The number of carbonyl (C=O) groups excluding carboxylic acids is 1. The molecule has 1 atom stereocenters. The molecule has 1 amide bonds. The fraction of sp³-hybridized carbons (Fsp3) is 0.167. The van der Waals surface area contributed by atoms with Crippen molar-refractivity contribution in [2.24, 2.45) is 0 Å². The van der Waals surface area contributed by atoms with E-state index >= 15 is 0 Å². The van der Waals surface area contributed by atoms with E-state index in [2.05, 4.69) is 30.6 Å². The third-order valence-corrected chi connectivity index (χ3v) is 4.57. The van der Waals surface area contributed by atoms with E-state index in [4.69, 9.17) is 0 Å². The van der Waals surface area contributed by atoms with Crippen LogP contribution in [0.1, 0.15) is 6.92 Å². The fourth-order valence-corrected chi connectivity index (χ4v) is 3.21. The lowest BCUT2D eigenvalue weighted by Gasteiger charge is -2.10. The topological polar surface area (TPSA) is 98.5 Å². The molecule has 22 heavy (non-hydrogen) atoms. The van der Waals surface area contributed by atoms with Gasteiger partial charge in [0.1, 0.15) is 18.2 Å². The first-order chi connectivity index (χ1) is 10.7. The average molecular weight is 333 g/mol. The number of anilines is 1. The molecule has 0 aliphatic carbocycles. The number of carbonyl (C=O) groups is 1. The Hall–Kier alpha value is -2.33. The van der Waals surface area contributed by atoms with Crippen molar-refractivity contribution in [2.45, 2.75) is 16.5 Å². The van der Waals surface area contributed by atoms with Crippen molar-refractivity contribution in [1.29, 1.82) is 0 Å². The van der Waals surface area contributed by atoms with Crippen LogP contribution in [0, 0.1) is 0 Å². The van der Waals surface area contributed by atoms with Crippen molar-refractivity contribution in [3.8, 4) is 5.82 Å². The van der Waals surface area contributed by atoms with Gasteiger partial charge in [-0.15, -0.1) is 10.2 Å². The first kappa shape index (κ1) is 14.6. The third kappa shape index (κ3) is 3.46. The van der Waals surface area contributed by atoms with Gasteiger partial charge < -0.3 is 5.32 Å². The van der Waals surface area contributed by atoms with Gasteiger partial charge in [0.2, 0.25) is 5.91 Å². The van der Waals surface area contributed by atoms with Crippen LogP contribution < -0.4 is 5.32 Å². The number of aromatic nitrogens is 6. The Morgan fingerprint density at radius 3 is 3.00 bits per heavy atom. The Balaban J connectivity index is 1.61. The quantitative estimate of drug-likeness (QED) is 0.709. The second kappa shape index (κ2) is 6.62. The predicted molar refractivity (Wildman–Crippen MR) is 83.0 cm³/mol. The molecule has 0 saturated heterocycles. The van der Waals surface area contributed by atoms with E-state index in [-0.39, 0.29) is 11.2 Å². The zero-order valence-corrected chi connectivity index (χ0v) is 13.1. The molecule has 3 aromatic heterocycles. The predicted octanol–water partition coefficient (Wildman–Crippen LogP) is 1.63. The van der Waals surface area contributed by atoms with Crippen LogP contribution in [0.15, 0.2) is 40.8 Å². The van der Waals surface area contributed by atoms with Gasteiger partial charge in [-0.05, 0) is 19.1 Å². The number of pyridine rings is 1. The van der Waals surface area contributed by atoms with Crippen LogP contribution in [-0.2, 0) is 4.79 Å². The molecule has 0 unspecified atom stereocenters. The lowest BCUT2D eigenvalue weighted by Crippen LogP contribution is -2.22. The molecule has 1 N–H and O–H groups in total. The summed E-state index contributed by atoms with van der Waals surface area (Å²) in [5.41, 5.74) is 2.26. The van der Waals surface area contributed by atoms with Crippen LogP contribution in [0.5, 0.6) is 0 Å². The van der Waals surface area contributed by atoms with E-state index in [0.29, 0.717) is 11.5 Å². The largest absolute Gasteiger partial charge is 0.324 e. The summed E-state index contributed by atoms with van der Waals surface area (Å²) < 4.78 is 2.31. The molecule has 112 valence electrons. The van der Waals surface area contributed by atoms with Gasteiger partial charge in [-0.25, -0.2) is 14.6 Å².